The highest BCUT2D eigenvalue weighted by molar-refractivity contribution is 6.31. The Labute approximate surface area is 155 Å². The summed E-state index contributed by atoms with van der Waals surface area (Å²) in [5.74, 6) is -0.231. The van der Waals surface area contributed by atoms with Gasteiger partial charge in [0.15, 0.2) is 0 Å². The molecule has 132 valence electrons. The fraction of sp³-hybridized carbons (Fsp3) is 0.105. The minimum Gasteiger partial charge on any atom is -0.495 e. The largest absolute Gasteiger partial charge is 0.495 e. The van der Waals surface area contributed by atoms with Gasteiger partial charge in [-0.15, -0.1) is 0 Å². The maximum absolute atomic E-state index is 12.4. The van der Waals surface area contributed by atoms with Gasteiger partial charge >= 0.3 is 5.97 Å². The van der Waals surface area contributed by atoms with Crippen molar-refractivity contribution in [1.29, 1.82) is 5.26 Å². The van der Waals surface area contributed by atoms with Crippen LogP contribution in [0.3, 0.4) is 0 Å². The van der Waals surface area contributed by atoms with Crippen molar-refractivity contribution in [3.8, 4) is 17.6 Å². The van der Waals surface area contributed by atoms with Gasteiger partial charge in [0.2, 0.25) is 0 Å². The molecule has 0 spiro atoms. The fourth-order valence-electron chi connectivity index (χ4n) is 2.08. The van der Waals surface area contributed by atoms with Crippen molar-refractivity contribution >= 4 is 35.2 Å². The molecule has 0 radical (unpaired) electrons. The van der Waals surface area contributed by atoms with Gasteiger partial charge in [-0.1, -0.05) is 23.7 Å². The summed E-state index contributed by atoms with van der Waals surface area (Å²) in [5, 5.41) is 12.3. The normalized spacial score (nSPS) is 10.6. The molecule has 6 nitrogen and oxygen atoms in total. The SMILES string of the molecule is COc1ccc(Cl)cc1NC(=O)/C(C#N)=C/c1ccc(OC(C)=O)cc1. The number of ether oxygens (including phenoxy) is 2. The lowest BCUT2D eigenvalue weighted by molar-refractivity contribution is -0.131. The molecule has 2 aromatic carbocycles. The van der Waals surface area contributed by atoms with Gasteiger partial charge in [0.1, 0.15) is 23.1 Å². The Morgan fingerprint density at radius 1 is 1.19 bits per heavy atom. The Bertz CT molecular complexity index is 899. The fourth-order valence-corrected chi connectivity index (χ4v) is 2.25. The first-order chi connectivity index (χ1) is 12.4. The van der Waals surface area contributed by atoms with Gasteiger partial charge in [-0.3, -0.25) is 9.59 Å². The number of nitrogens with one attached hydrogen (secondary N) is 1. The third-order valence-electron chi connectivity index (χ3n) is 3.23. The van der Waals surface area contributed by atoms with Gasteiger partial charge in [-0.2, -0.15) is 5.26 Å². The zero-order valence-electron chi connectivity index (χ0n) is 14.1. The number of carbonyl (C=O) groups excluding carboxylic acids is 2. The van der Waals surface area contributed by atoms with E-state index in [0.717, 1.165) is 0 Å². The zero-order valence-corrected chi connectivity index (χ0v) is 14.8. The molecule has 0 aliphatic heterocycles. The molecule has 0 atom stereocenters. The van der Waals surface area contributed by atoms with E-state index in [1.165, 1.54) is 26.2 Å². The van der Waals surface area contributed by atoms with Crippen LogP contribution in [0.2, 0.25) is 5.02 Å². The molecule has 1 amide bonds. The lowest BCUT2D eigenvalue weighted by Gasteiger charge is -2.10. The number of halogens is 1. The summed E-state index contributed by atoms with van der Waals surface area (Å²) in [7, 11) is 1.46. The first-order valence-electron chi connectivity index (χ1n) is 7.48. The summed E-state index contributed by atoms with van der Waals surface area (Å²) < 4.78 is 10.1. The molecular weight excluding hydrogens is 356 g/mol. The van der Waals surface area contributed by atoms with Crippen LogP contribution in [0.1, 0.15) is 12.5 Å². The summed E-state index contributed by atoms with van der Waals surface area (Å²) >= 11 is 5.93. The quantitative estimate of drug-likeness (QED) is 0.374. The third-order valence-corrected chi connectivity index (χ3v) is 3.46. The van der Waals surface area contributed by atoms with E-state index < -0.39 is 11.9 Å². The lowest BCUT2D eigenvalue weighted by Crippen LogP contribution is -2.14. The topological polar surface area (TPSA) is 88.4 Å². The number of nitriles is 1. The minimum absolute atomic E-state index is 0.104. The molecule has 2 aromatic rings. The third kappa shape index (κ3) is 5.10. The van der Waals surface area contributed by atoms with Crippen LogP contribution in [-0.4, -0.2) is 19.0 Å². The summed E-state index contributed by atoms with van der Waals surface area (Å²) in [6, 6.07) is 13.0. The van der Waals surface area contributed by atoms with Crippen LogP contribution in [0.5, 0.6) is 11.5 Å². The minimum atomic E-state index is -0.600. The predicted octanol–water partition coefficient (Wildman–Crippen LogP) is 3.82. The maximum Gasteiger partial charge on any atom is 0.308 e. The number of methoxy groups -OCH3 is 1. The molecule has 0 fully saturated rings. The molecule has 0 unspecified atom stereocenters. The molecule has 0 saturated heterocycles. The molecule has 0 aliphatic rings. The standard InChI is InChI=1S/C19H15ClN2O4/c1-12(23)26-16-6-3-13(4-7-16)9-14(11-21)19(24)22-17-10-15(20)5-8-18(17)25-2/h3-10H,1-2H3,(H,22,24)/b14-9+. The number of benzene rings is 2. The highest BCUT2D eigenvalue weighted by Crippen LogP contribution is 2.28. The van der Waals surface area contributed by atoms with Crippen molar-refractivity contribution < 1.29 is 19.1 Å². The van der Waals surface area contributed by atoms with Crippen LogP contribution in [0.25, 0.3) is 6.08 Å². The predicted molar refractivity (Wildman–Crippen MR) is 98.0 cm³/mol. The van der Waals surface area contributed by atoms with E-state index >= 15 is 0 Å². The number of hydrogen-bond acceptors (Lipinski definition) is 5. The molecular formula is C19H15ClN2O4. The molecule has 0 aromatic heterocycles. The summed E-state index contributed by atoms with van der Waals surface area (Å²) in [6.45, 7) is 1.30. The van der Waals surface area contributed by atoms with E-state index in [4.69, 9.17) is 21.1 Å². The highest BCUT2D eigenvalue weighted by Gasteiger charge is 2.13. The van der Waals surface area contributed by atoms with Crippen LogP contribution in [0.15, 0.2) is 48.0 Å². The Hall–Kier alpha value is -3.30. The summed E-state index contributed by atoms with van der Waals surface area (Å²) in [5.41, 5.74) is 0.856. The highest BCUT2D eigenvalue weighted by atomic mass is 35.5. The number of esters is 1. The second-order valence-electron chi connectivity index (χ2n) is 5.13. The van der Waals surface area contributed by atoms with Crippen molar-refractivity contribution in [2.24, 2.45) is 0 Å². The summed E-state index contributed by atoms with van der Waals surface area (Å²) in [6.07, 6.45) is 1.42. The van der Waals surface area contributed by atoms with Crippen LogP contribution < -0.4 is 14.8 Å². The second-order valence-corrected chi connectivity index (χ2v) is 5.57. The molecule has 0 heterocycles. The smallest absolute Gasteiger partial charge is 0.308 e. The van der Waals surface area contributed by atoms with Crippen LogP contribution in [0.4, 0.5) is 5.69 Å². The molecule has 26 heavy (non-hydrogen) atoms. The number of carbonyl (C=O) groups is 2. The summed E-state index contributed by atoms with van der Waals surface area (Å²) in [4.78, 5) is 23.3. The first kappa shape index (κ1) is 19.0. The van der Waals surface area contributed by atoms with Gasteiger partial charge in [-0.25, -0.2) is 0 Å². The lowest BCUT2D eigenvalue weighted by atomic mass is 10.1. The molecule has 0 bridgehead atoms. The zero-order chi connectivity index (χ0) is 19.1. The molecule has 0 saturated carbocycles. The van der Waals surface area contributed by atoms with E-state index in [-0.39, 0.29) is 5.57 Å². The Kier molecular flexibility index (Phi) is 6.36. The van der Waals surface area contributed by atoms with E-state index in [9.17, 15) is 14.9 Å². The van der Waals surface area contributed by atoms with E-state index in [2.05, 4.69) is 5.32 Å². The molecule has 0 aliphatic carbocycles. The van der Waals surface area contributed by atoms with Crippen molar-refractivity contribution in [3.63, 3.8) is 0 Å². The van der Waals surface area contributed by atoms with Gasteiger partial charge in [0, 0.05) is 11.9 Å². The Morgan fingerprint density at radius 2 is 1.88 bits per heavy atom. The van der Waals surface area contributed by atoms with Gasteiger partial charge in [-0.05, 0) is 42.0 Å². The second kappa shape index (κ2) is 8.70. The average molecular weight is 371 g/mol. The van der Waals surface area contributed by atoms with Crippen LogP contribution >= 0.6 is 11.6 Å². The van der Waals surface area contributed by atoms with E-state index in [1.807, 2.05) is 6.07 Å². The molecule has 1 N–H and O–H groups in total. The first-order valence-corrected chi connectivity index (χ1v) is 7.86. The van der Waals surface area contributed by atoms with Gasteiger partial charge in [0.25, 0.3) is 5.91 Å². The van der Waals surface area contributed by atoms with E-state index in [0.29, 0.717) is 27.8 Å². The average Bonchev–Trinajstić information content (AvgIpc) is 2.60. The molecule has 7 heteroatoms. The van der Waals surface area contributed by atoms with Crippen LogP contribution in [0, 0.1) is 11.3 Å². The Morgan fingerprint density at radius 3 is 2.46 bits per heavy atom. The van der Waals surface area contributed by atoms with E-state index in [1.54, 1.807) is 36.4 Å². The van der Waals surface area contributed by atoms with Crippen molar-refractivity contribution in [2.75, 3.05) is 12.4 Å². The maximum atomic E-state index is 12.4. The number of hydrogen-bond donors (Lipinski definition) is 1. The monoisotopic (exact) mass is 370 g/mol. The Balaban J connectivity index is 2.21. The van der Waals surface area contributed by atoms with Gasteiger partial charge < -0.3 is 14.8 Å². The van der Waals surface area contributed by atoms with Gasteiger partial charge in [0.05, 0.1) is 12.8 Å². The number of nitrogens with zero attached hydrogens (tertiary/aromatic N) is 1. The molecule has 2 rings (SSSR count). The van der Waals surface area contributed by atoms with Crippen molar-refractivity contribution in [2.45, 2.75) is 6.92 Å². The van der Waals surface area contributed by atoms with Crippen molar-refractivity contribution in [1.82, 2.24) is 0 Å². The number of anilines is 1. The van der Waals surface area contributed by atoms with Crippen molar-refractivity contribution in [3.05, 3.63) is 58.6 Å². The number of rotatable bonds is 5. The van der Waals surface area contributed by atoms with Crippen LogP contribution in [-0.2, 0) is 9.59 Å². The number of amides is 1.